The maximum absolute atomic E-state index is 13.6. The number of hydrogen-bond acceptors (Lipinski definition) is 3. The van der Waals surface area contributed by atoms with E-state index in [4.69, 9.17) is 0 Å². The number of nitrogens with zero attached hydrogens (tertiary/aromatic N) is 1. The van der Waals surface area contributed by atoms with E-state index in [0.29, 0.717) is 5.56 Å². The maximum atomic E-state index is 13.6. The first kappa shape index (κ1) is 24.3. The van der Waals surface area contributed by atoms with Crippen LogP contribution in [0.3, 0.4) is 0 Å². The fourth-order valence-corrected chi connectivity index (χ4v) is 5.83. The van der Waals surface area contributed by atoms with Crippen molar-refractivity contribution >= 4 is 15.9 Å². The molecule has 0 heterocycles. The van der Waals surface area contributed by atoms with Gasteiger partial charge in [-0.1, -0.05) is 61.7 Å². The average molecular weight is 469 g/mol. The maximum Gasteiger partial charge on any atom is 0.417 e. The number of halogens is 3. The van der Waals surface area contributed by atoms with Crippen molar-refractivity contribution in [1.29, 1.82) is 0 Å². The SMILES string of the molecule is C[C@@H](c1ccccc1)N(CC(=O)NC1CCCCC1)S(=O)(=O)c1ccccc1C(F)(F)F. The van der Waals surface area contributed by atoms with Gasteiger partial charge in [0.05, 0.1) is 17.0 Å². The molecular formula is C23H27F3N2O3S. The van der Waals surface area contributed by atoms with Gasteiger partial charge in [-0.25, -0.2) is 8.42 Å². The third kappa shape index (κ3) is 5.69. The Kier molecular flexibility index (Phi) is 7.61. The van der Waals surface area contributed by atoms with E-state index in [9.17, 15) is 26.4 Å². The van der Waals surface area contributed by atoms with Crippen LogP contribution in [-0.2, 0) is 21.0 Å². The molecule has 2 aromatic carbocycles. The van der Waals surface area contributed by atoms with Crippen LogP contribution in [-0.4, -0.2) is 31.2 Å². The Balaban J connectivity index is 1.97. The first-order chi connectivity index (χ1) is 15.1. The van der Waals surface area contributed by atoms with Crippen molar-refractivity contribution in [3.63, 3.8) is 0 Å². The molecule has 0 spiro atoms. The van der Waals surface area contributed by atoms with Crippen LogP contribution in [0.25, 0.3) is 0 Å². The molecule has 0 bridgehead atoms. The van der Waals surface area contributed by atoms with Crippen molar-refractivity contribution in [3.8, 4) is 0 Å². The summed E-state index contributed by atoms with van der Waals surface area (Å²) in [5, 5.41) is 2.86. The molecule has 32 heavy (non-hydrogen) atoms. The first-order valence-corrected chi connectivity index (χ1v) is 12.1. The van der Waals surface area contributed by atoms with Crippen molar-refractivity contribution in [2.24, 2.45) is 0 Å². The van der Waals surface area contributed by atoms with Gasteiger partial charge in [0.25, 0.3) is 0 Å². The lowest BCUT2D eigenvalue weighted by molar-refractivity contribution is -0.139. The number of rotatable bonds is 7. The molecule has 1 aliphatic carbocycles. The number of nitrogens with one attached hydrogen (secondary N) is 1. The Morgan fingerprint density at radius 3 is 2.25 bits per heavy atom. The lowest BCUT2D eigenvalue weighted by Crippen LogP contribution is -2.45. The third-order valence-electron chi connectivity index (χ3n) is 5.76. The normalized spacial score (nSPS) is 16.7. The van der Waals surface area contributed by atoms with Crippen LogP contribution in [0.1, 0.15) is 56.2 Å². The van der Waals surface area contributed by atoms with Crippen molar-refractivity contribution in [1.82, 2.24) is 9.62 Å². The molecule has 0 saturated heterocycles. The summed E-state index contributed by atoms with van der Waals surface area (Å²) >= 11 is 0. The average Bonchev–Trinajstić information content (AvgIpc) is 2.77. The molecule has 0 radical (unpaired) electrons. The molecule has 1 amide bonds. The van der Waals surface area contributed by atoms with E-state index in [2.05, 4.69) is 5.32 Å². The summed E-state index contributed by atoms with van der Waals surface area (Å²) in [5.41, 5.74) is -0.677. The molecule has 2 aromatic rings. The van der Waals surface area contributed by atoms with Gasteiger partial charge in [-0.05, 0) is 37.5 Å². The van der Waals surface area contributed by atoms with Gasteiger partial charge in [-0.3, -0.25) is 4.79 Å². The molecule has 1 N–H and O–H groups in total. The highest BCUT2D eigenvalue weighted by atomic mass is 32.2. The summed E-state index contributed by atoms with van der Waals surface area (Å²) in [4.78, 5) is 11.9. The second-order valence-electron chi connectivity index (χ2n) is 8.03. The van der Waals surface area contributed by atoms with E-state index in [0.717, 1.165) is 54.6 Å². The quantitative estimate of drug-likeness (QED) is 0.628. The fourth-order valence-electron chi connectivity index (χ4n) is 4.04. The number of hydrogen-bond donors (Lipinski definition) is 1. The summed E-state index contributed by atoms with van der Waals surface area (Å²) in [5.74, 6) is -0.521. The highest BCUT2D eigenvalue weighted by Gasteiger charge is 2.40. The summed E-state index contributed by atoms with van der Waals surface area (Å²) in [7, 11) is -4.65. The number of amides is 1. The monoisotopic (exact) mass is 468 g/mol. The topological polar surface area (TPSA) is 66.5 Å². The van der Waals surface area contributed by atoms with Crippen molar-refractivity contribution in [2.75, 3.05) is 6.54 Å². The Bertz CT molecular complexity index is 1020. The van der Waals surface area contributed by atoms with Crippen LogP contribution >= 0.6 is 0 Å². The van der Waals surface area contributed by atoms with E-state index < -0.39 is 45.2 Å². The Hall–Kier alpha value is -2.39. The number of carbonyl (C=O) groups is 1. The van der Waals surface area contributed by atoms with Crippen molar-refractivity contribution in [3.05, 3.63) is 65.7 Å². The summed E-state index contributed by atoms with van der Waals surface area (Å²) in [6.45, 7) is 0.998. The molecule has 9 heteroatoms. The van der Waals surface area contributed by atoms with Gasteiger partial charge in [-0.15, -0.1) is 0 Å². The van der Waals surface area contributed by atoms with E-state index in [1.807, 2.05) is 0 Å². The van der Waals surface area contributed by atoms with Gasteiger partial charge in [0.2, 0.25) is 15.9 Å². The van der Waals surface area contributed by atoms with Crippen LogP contribution in [0.4, 0.5) is 13.2 Å². The van der Waals surface area contributed by atoms with Gasteiger partial charge < -0.3 is 5.32 Å². The molecule has 3 rings (SSSR count). The van der Waals surface area contributed by atoms with Crippen LogP contribution in [0, 0.1) is 0 Å². The highest BCUT2D eigenvalue weighted by Crippen LogP contribution is 2.37. The van der Waals surface area contributed by atoms with Gasteiger partial charge in [0, 0.05) is 12.1 Å². The molecule has 1 saturated carbocycles. The fraction of sp³-hybridized carbons (Fsp3) is 0.435. The van der Waals surface area contributed by atoms with Crippen molar-refractivity contribution < 1.29 is 26.4 Å². The third-order valence-corrected chi connectivity index (χ3v) is 7.74. The molecule has 5 nitrogen and oxygen atoms in total. The number of sulfonamides is 1. The van der Waals surface area contributed by atoms with Crippen molar-refractivity contribution in [2.45, 2.75) is 62.2 Å². The molecule has 1 atom stereocenters. The molecule has 0 unspecified atom stereocenters. The van der Waals surface area contributed by atoms with E-state index in [1.165, 1.54) is 6.07 Å². The van der Waals surface area contributed by atoms with Gasteiger partial charge in [0.15, 0.2) is 0 Å². The summed E-state index contributed by atoms with van der Waals surface area (Å²) in [6.07, 6.45) is -0.187. The predicted molar refractivity (Wildman–Crippen MR) is 115 cm³/mol. The lowest BCUT2D eigenvalue weighted by atomic mass is 9.95. The molecule has 1 fully saturated rings. The van der Waals surface area contributed by atoms with Gasteiger partial charge in [-0.2, -0.15) is 17.5 Å². The Morgan fingerprint density at radius 2 is 1.62 bits per heavy atom. The minimum Gasteiger partial charge on any atom is -0.352 e. The second-order valence-corrected chi connectivity index (χ2v) is 9.89. The Morgan fingerprint density at radius 1 is 1.03 bits per heavy atom. The van der Waals surface area contributed by atoms with Gasteiger partial charge >= 0.3 is 6.18 Å². The predicted octanol–water partition coefficient (Wildman–Crippen LogP) is 4.91. The highest BCUT2D eigenvalue weighted by molar-refractivity contribution is 7.89. The standard InChI is InChI=1S/C23H27F3N2O3S/c1-17(18-10-4-2-5-11-18)28(16-22(29)27-19-12-6-3-7-13-19)32(30,31)21-15-9-8-14-20(21)23(24,25)26/h2,4-5,8-11,14-15,17,19H,3,6-7,12-13,16H2,1H3,(H,27,29)/t17-/m0/s1. The number of benzene rings is 2. The molecule has 174 valence electrons. The zero-order chi connectivity index (χ0) is 23.4. The van der Waals surface area contributed by atoms with Crippen LogP contribution in [0.2, 0.25) is 0 Å². The molecule has 1 aliphatic rings. The molecular weight excluding hydrogens is 441 g/mol. The smallest absolute Gasteiger partial charge is 0.352 e. The van der Waals surface area contributed by atoms with Crippen LogP contribution in [0.5, 0.6) is 0 Å². The molecule has 0 aromatic heterocycles. The minimum atomic E-state index is -4.85. The zero-order valence-electron chi connectivity index (χ0n) is 17.8. The van der Waals surface area contributed by atoms with Gasteiger partial charge in [0.1, 0.15) is 0 Å². The van der Waals surface area contributed by atoms with Crippen LogP contribution < -0.4 is 5.32 Å². The summed E-state index contributed by atoms with van der Waals surface area (Å²) in [6, 6.07) is 11.7. The van der Waals surface area contributed by atoms with E-state index in [1.54, 1.807) is 37.3 Å². The van der Waals surface area contributed by atoms with Crippen LogP contribution in [0.15, 0.2) is 59.5 Å². The Labute approximate surface area is 186 Å². The summed E-state index contributed by atoms with van der Waals surface area (Å²) < 4.78 is 68.6. The lowest BCUT2D eigenvalue weighted by Gasteiger charge is -2.30. The second kappa shape index (κ2) is 10.0. The van der Waals surface area contributed by atoms with E-state index in [-0.39, 0.29) is 6.04 Å². The number of carbonyl (C=O) groups excluding carboxylic acids is 1. The first-order valence-electron chi connectivity index (χ1n) is 10.6. The molecule has 0 aliphatic heterocycles. The minimum absolute atomic E-state index is 0.0460. The number of alkyl halides is 3. The van der Waals surface area contributed by atoms with E-state index >= 15 is 0 Å². The largest absolute Gasteiger partial charge is 0.417 e. The zero-order valence-corrected chi connectivity index (χ0v) is 18.6.